The van der Waals surface area contributed by atoms with Gasteiger partial charge < -0.3 is 5.73 Å². The molecule has 0 atom stereocenters. The fraction of sp³-hybridized carbons (Fsp3) is 0. The van der Waals surface area contributed by atoms with Gasteiger partial charge in [-0.1, -0.05) is 35.3 Å². The Bertz CT molecular complexity index is 875. The molecule has 6 heteroatoms. The fourth-order valence-electron chi connectivity index (χ4n) is 2.12. The van der Waals surface area contributed by atoms with Crippen molar-refractivity contribution >= 4 is 72.0 Å². The molecule has 3 aromatic rings. The van der Waals surface area contributed by atoms with Crippen LogP contribution in [0.1, 0.15) is 15.9 Å². The largest absolute Gasteiger partial charge is 0.399 e. The minimum atomic E-state index is -0.182. The average Bonchev–Trinajstić information content (AvgIpc) is 2.87. The number of anilines is 1. The summed E-state index contributed by atoms with van der Waals surface area (Å²) in [6.45, 7) is 0. The van der Waals surface area contributed by atoms with E-state index < -0.39 is 0 Å². The van der Waals surface area contributed by atoms with E-state index >= 15 is 0 Å². The zero-order valence-corrected chi connectivity index (χ0v) is 14.4. The van der Waals surface area contributed by atoms with E-state index in [1.165, 1.54) is 17.4 Å². The molecule has 0 aliphatic rings. The molecule has 0 bridgehead atoms. The monoisotopic (exact) mass is 399 g/mol. The van der Waals surface area contributed by atoms with Crippen LogP contribution in [0.2, 0.25) is 10.0 Å². The second kappa shape index (κ2) is 5.61. The smallest absolute Gasteiger partial charge is 0.196 e. The summed E-state index contributed by atoms with van der Waals surface area (Å²) in [5.74, 6) is -0.182. The van der Waals surface area contributed by atoms with Gasteiger partial charge in [0.2, 0.25) is 0 Å². The van der Waals surface area contributed by atoms with Crippen LogP contribution in [0.5, 0.6) is 0 Å². The molecule has 0 fully saturated rings. The number of halogens is 3. The molecule has 106 valence electrons. The van der Waals surface area contributed by atoms with Gasteiger partial charge >= 0.3 is 0 Å². The Hall–Kier alpha value is -1.07. The molecule has 2 nitrogen and oxygen atoms in total. The Morgan fingerprint density at radius 3 is 2.71 bits per heavy atom. The first-order valence-corrected chi connectivity index (χ1v) is 8.37. The maximum Gasteiger partial charge on any atom is 0.196 e. The summed E-state index contributed by atoms with van der Waals surface area (Å²) in [5.41, 5.74) is 7.08. The molecular weight excluding hydrogens is 393 g/mol. The fourth-order valence-corrected chi connectivity index (χ4v) is 4.14. The minimum absolute atomic E-state index is 0.182. The van der Waals surface area contributed by atoms with Crippen LogP contribution in [0.3, 0.4) is 0 Å². The molecular formula is C15H8BrCl2NOS. The molecule has 0 radical (unpaired) electrons. The summed E-state index contributed by atoms with van der Waals surface area (Å²) >= 11 is 17.1. The van der Waals surface area contributed by atoms with Crippen LogP contribution >= 0.6 is 50.5 Å². The number of nitrogens with two attached hydrogens (primary N) is 1. The third-order valence-electron chi connectivity index (χ3n) is 3.09. The number of hydrogen-bond acceptors (Lipinski definition) is 3. The molecule has 0 unspecified atom stereocenters. The molecule has 1 aromatic heterocycles. The number of nitrogen functional groups attached to an aromatic ring is 1. The molecule has 2 aromatic carbocycles. The molecule has 0 saturated heterocycles. The van der Waals surface area contributed by atoms with E-state index in [9.17, 15) is 4.79 Å². The van der Waals surface area contributed by atoms with Gasteiger partial charge in [0.1, 0.15) is 0 Å². The van der Waals surface area contributed by atoms with Crippen molar-refractivity contribution in [3.8, 4) is 0 Å². The molecule has 3 rings (SSSR count). The molecule has 0 aliphatic heterocycles. The number of fused-ring (bicyclic) bond motifs is 1. The van der Waals surface area contributed by atoms with Gasteiger partial charge in [-0.2, -0.15) is 0 Å². The predicted molar refractivity (Wildman–Crippen MR) is 93.8 cm³/mol. The van der Waals surface area contributed by atoms with Gasteiger partial charge in [-0.3, -0.25) is 4.79 Å². The molecule has 0 amide bonds. The predicted octanol–water partition coefficient (Wildman–Crippen LogP) is 5.78. The molecule has 0 spiro atoms. The molecule has 0 aliphatic carbocycles. The van der Waals surface area contributed by atoms with Gasteiger partial charge in [0, 0.05) is 36.8 Å². The van der Waals surface area contributed by atoms with E-state index in [1.54, 1.807) is 6.07 Å². The van der Waals surface area contributed by atoms with Gasteiger partial charge in [0.25, 0.3) is 0 Å². The highest BCUT2D eigenvalue weighted by atomic mass is 79.9. The Morgan fingerprint density at radius 2 is 1.95 bits per heavy atom. The number of carbonyl (C=O) groups excluding carboxylic acids is 1. The Morgan fingerprint density at radius 1 is 1.19 bits per heavy atom. The van der Waals surface area contributed by atoms with Crippen molar-refractivity contribution in [2.45, 2.75) is 0 Å². The Labute approximate surface area is 143 Å². The van der Waals surface area contributed by atoms with Crippen molar-refractivity contribution in [3.05, 3.63) is 61.4 Å². The van der Waals surface area contributed by atoms with Gasteiger partial charge in [0.15, 0.2) is 5.78 Å². The van der Waals surface area contributed by atoms with Crippen LogP contribution in [0.15, 0.2) is 40.2 Å². The van der Waals surface area contributed by atoms with Gasteiger partial charge in [-0.25, -0.2) is 0 Å². The highest BCUT2D eigenvalue weighted by molar-refractivity contribution is 9.10. The maximum atomic E-state index is 12.8. The summed E-state index contributed by atoms with van der Waals surface area (Å²) in [6.07, 6.45) is 0. The summed E-state index contributed by atoms with van der Waals surface area (Å²) < 4.78 is 1.98. The van der Waals surface area contributed by atoms with E-state index in [1.807, 2.05) is 23.6 Å². The molecule has 21 heavy (non-hydrogen) atoms. The standard InChI is InChI=1S/C15H8BrCl2NOS/c16-11-3-1-2-8-10(6-21-15(8)11)14(20)9-4-7(19)5-12(17)13(9)18/h1-6H,19H2. The first-order chi connectivity index (χ1) is 9.99. The van der Waals surface area contributed by atoms with E-state index in [0.29, 0.717) is 16.8 Å². The van der Waals surface area contributed by atoms with Gasteiger partial charge in [-0.05, 0) is 34.1 Å². The van der Waals surface area contributed by atoms with Crippen LogP contribution < -0.4 is 5.73 Å². The summed E-state index contributed by atoms with van der Waals surface area (Å²) in [6, 6.07) is 8.83. The molecule has 1 heterocycles. The lowest BCUT2D eigenvalue weighted by Gasteiger charge is -2.06. The van der Waals surface area contributed by atoms with E-state index in [-0.39, 0.29) is 15.8 Å². The lowest BCUT2D eigenvalue weighted by molar-refractivity contribution is 0.104. The van der Waals surface area contributed by atoms with Crippen molar-refractivity contribution in [1.29, 1.82) is 0 Å². The first-order valence-electron chi connectivity index (χ1n) is 5.94. The van der Waals surface area contributed by atoms with Crippen molar-refractivity contribution in [1.82, 2.24) is 0 Å². The Kier molecular flexibility index (Phi) is 3.97. The number of benzene rings is 2. The van der Waals surface area contributed by atoms with Crippen molar-refractivity contribution in [3.63, 3.8) is 0 Å². The van der Waals surface area contributed by atoms with Crippen molar-refractivity contribution < 1.29 is 4.79 Å². The number of thiophene rings is 1. The Balaban J connectivity index is 2.20. The summed E-state index contributed by atoms with van der Waals surface area (Å²) in [5, 5.41) is 3.21. The lowest BCUT2D eigenvalue weighted by Crippen LogP contribution is -2.03. The zero-order valence-electron chi connectivity index (χ0n) is 10.5. The van der Waals surface area contributed by atoms with Crippen molar-refractivity contribution in [2.24, 2.45) is 0 Å². The van der Waals surface area contributed by atoms with E-state index in [0.717, 1.165) is 14.6 Å². The topological polar surface area (TPSA) is 43.1 Å². The second-order valence-corrected chi connectivity index (χ2v) is 6.98. The molecule has 2 N–H and O–H groups in total. The van der Waals surface area contributed by atoms with E-state index in [2.05, 4.69) is 15.9 Å². The lowest BCUT2D eigenvalue weighted by atomic mass is 10.0. The number of rotatable bonds is 2. The van der Waals surface area contributed by atoms with Crippen molar-refractivity contribution in [2.75, 3.05) is 5.73 Å². The quantitative estimate of drug-likeness (QED) is 0.437. The van der Waals surface area contributed by atoms with Gasteiger partial charge in [-0.15, -0.1) is 11.3 Å². The van der Waals surface area contributed by atoms with Crippen LogP contribution in [0.4, 0.5) is 5.69 Å². The van der Waals surface area contributed by atoms with Crippen LogP contribution in [0, 0.1) is 0 Å². The highest BCUT2D eigenvalue weighted by Gasteiger charge is 2.19. The normalized spacial score (nSPS) is 11.0. The number of carbonyl (C=O) groups is 1. The first kappa shape index (κ1) is 14.9. The van der Waals surface area contributed by atoms with Crippen LogP contribution in [0.25, 0.3) is 10.1 Å². The van der Waals surface area contributed by atoms with E-state index in [4.69, 9.17) is 28.9 Å². The number of ketones is 1. The second-order valence-electron chi connectivity index (χ2n) is 4.46. The molecule has 0 saturated carbocycles. The number of hydrogen-bond donors (Lipinski definition) is 1. The highest BCUT2D eigenvalue weighted by Crippen LogP contribution is 2.36. The third kappa shape index (κ3) is 2.57. The minimum Gasteiger partial charge on any atom is -0.399 e. The van der Waals surface area contributed by atoms with Gasteiger partial charge in [0.05, 0.1) is 10.0 Å². The summed E-state index contributed by atoms with van der Waals surface area (Å²) in [4.78, 5) is 12.8. The SMILES string of the molecule is Nc1cc(Cl)c(Cl)c(C(=O)c2csc3c(Br)cccc23)c1. The third-order valence-corrected chi connectivity index (χ3v) is 5.85. The van der Waals surface area contributed by atoms with Crippen LogP contribution in [-0.2, 0) is 0 Å². The maximum absolute atomic E-state index is 12.8. The summed E-state index contributed by atoms with van der Waals surface area (Å²) in [7, 11) is 0. The zero-order chi connectivity index (χ0) is 15.1. The average molecular weight is 401 g/mol. The van der Waals surface area contributed by atoms with Crippen LogP contribution in [-0.4, -0.2) is 5.78 Å².